The molecule has 2 amide bonds. The lowest BCUT2D eigenvalue weighted by Crippen LogP contribution is -2.38. The lowest BCUT2D eigenvalue weighted by atomic mass is 9.89. The minimum Gasteiger partial charge on any atom is -0.399 e. The SMILES string of the molecule is Cc1ccc(C(=O)N2CCC(c3ccc(N)cc3)CC2)cc1NS(=O)(=O)CCNC(=O)c1ccccc1. The number of piperidine rings is 1. The molecule has 1 heterocycles. The van der Waals surface area contributed by atoms with Crippen molar-refractivity contribution in [3.8, 4) is 0 Å². The molecule has 0 atom stereocenters. The number of anilines is 2. The second-order valence-corrected chi connectivity index (χ2v) is 11.1. The molecule has 9 heteroatoms. The predicted molar refractivity (Wildman–Crippen MR) is 146 cm³/mol. The van der Waals surface area contributed by atoms with Gasteiger partial charge in [0.15, 0.2) is 0 Å². The van der Waals surface area contributed by atoms with Crippen LogP contribution < -0.4 is 15.8 Å². The van der Waals surface area contributed by atoms with Crippen LogP contribution >= 0.6 is 0 Å². The maximum absolute atomic E-state index is 13.2. The smallest absolute Gasteiger partial charge is 0.253 e. The Labute approximate surface area is 217 Å². The van der Waals surface area contributed by atoms with Gasteiger partial charge in [0, 0.05) is 36.4 Å². The molecule has 3 aromatic rings. The third-order valence-corrected chi connectivity index (χ3v) is 7.90. The van der Waals surface area contributed by atoms with E-state index >= 15 is 0 Å². The number of aryl methyl sites for hydroxylation is 1. The first-order chi connectivity index (χ1) is 17.7. The number of amides is 2. The van der Waals surface area contributed by atoms with Gasteiger partial charge in [-0.1, -0.05) is 36.4 Å². The molecule has 4 N–H and O–H groups in total. The number of nitrogens with one attached hydrogen (secondary N) is 2. The molecule has 0 aliphatic carbocycles. The molecule has 0 saturated carbocycles. The zero-order chi connectivity index (χ0) is 26.4. The van der Waals surface area contributed by atoms with Gasteiger partial charge in [0.1, 0.15) is 0 Å². The summed E-state index contributed by atoms with van der Waals surface area (Å²) in [7, 11) is -3.74. The van der Waals surface area contributed by atoms with Crippen molar-refractivity contribution in [2.75, 3.05) is 35.8 Å². The molecule has 0 spiro atoms. The zero-order valence-electron chi connectivity index (χ0n) is 20.8. The van der Waals surface area contributed by atoms with Crippen molar-refractivity contribution in [1.82, 2.24) is 10.2 Å². The second-order valence-electron chi connectivity index (χ2n) is 9.31. The molecule has 1 saturated heterocycles. The van der Waals surface area contributed by atoms with E-state index in [1.165, 1.54) is 5.56 Å². The van der Waals surface area contributed by atoms with E-state index in [9.17, 15) is 18.0 Å². The Morgan fingerprint density at radius 2 is 1.62 bits per heavy atom. The Morgan fingerprint density at radius 3 is 2.30 bits per heavy atom. The lowest BCUT2D eigenvalue weighted by Gasteiger charge is -2.32. The van der Waals surface area contributed by atoms with Gasteiger partial charge in [-0.05, 0) is 73.2 Å². The van der Waals surface area contributed by atoms with E-state index < -0.39 is 10.0 Å². The van der Waals surface area contributed by atoms with Gasteiger partial charge >= 0.3 is 0 Å². The third-order valence-electron chi connectivity index (χ3n) is 6.63. The van der Waals surface area contributed by atoms with Crippen LogP contribution in [0.3, 0.4) is 0 Å². The Balaban J connectivity index is 1.34. The highest BCUT2D eigenvalue weighted by atomic mass is 32.2. The van der Waals surface area contributed by atoms with E-state index in [0.717, 1.165) is 18.5 Å². The summed E-state index contributed by atoms with van der Waals surface area (Å²) < 4.78 is 27.9. The maximum atomic E-state index is 13.2. The summed E-state index contributed by atoms with van der Waals surface area (Å²) in [6.07, 6.45) is 1.71. The van der Waals surface area contributed by atoms with Crippen LogP contribution in [0.25, 0.3) is 0 Å². The Hall–Kier alpha value is -3.85. The summed E-state index contributed by atoms with van der Waals surface area (Å²) in [6.45, 7) is 3.00. The number of benzene rings is 3. The number of rotatable bonds is 8. The van der Waals surface area contributed by atoms with E-state index in [2.05, 4.69) is 10.0 Å². The summed E-state index contributed by atoms with van der Waals surface area (Å²) in [5, 5.41) is 2.62. The molecule has 4 rings (SSSR count). The summed E-state index contributed by atoms with van der Waals surface area (Å²) >= 11 is 0. The fourth-order valence-corrected chi connectivity index (χ4v) is 5.47. The molecule has 194 valence electrons. The minimum absolute atomic E-state index is 0.0380. The van der Waals surface area contributed by atoms with Gasteiger partial charge in [-0.2, -0.15) is 0 Å². The molecule has 1 fully saturated rings. The van der Waals surface area contributed by atoms with Crippen molar-refractivity contribution in [2.45, 2.75) is 25.7 Å². The average Bonchev–Trinajstić information content (AvgIpc) is 2.90. The van der Waals surface area contributed by atoms with Gasteiger partial charge in [-0.3, -0.25) is 14.3 Å². The second kappa shape index (κ2) is 11.5. The molecule has 37 heavy (non-hydrogen) atoms. The van der Waals surface area contributed by atoms with Crippen molar-refractivity contribution in [3.05, 3.63) is 95.1 Å². The van der Waals surface area contributed by atoms with E-state index in [1.807, 2.05) is 29.2 Å². The number of nitrogens with two attached hydrogens (primary N) is 1. The zero-order valence-corrected chi connectivity index (χ0v) is 21.6. The molecular formula is C28H32N4O4S. The molecule has 1 aliphatic heterocycles. The first-order valence-electron chi connectivity index (χ1n) is 12.3. The Morgan fingerprint density at radius 1 is 0.946 bits per heavy atom. The topological polar surface area (TPSA) is 122 Å². The van der Waals surface area contributed by atoms with Crippen LogP contribution in [0.5, 0.6) is 0 Å². The van der Waals surface area contributed by atoms with Crippen molar-refractivity contribution in [3.63, 3.8) is 0 Å². The van der Waals surface area contributed by atoms with Crippen LogP contribution in [0, 0.1) is 6.92 Å². The molecule has 8 nitrogen and oxygen atoms in total. The fraction of sp³-hybridized carbons (Fsp3) is 0.286. The maximum Gasteiger partial charge on any atom is 0.253 e. The quantitative estimate of drug-likeness (QED) is 0.391. The van der Waals surface area contributed by atoms with Crippen LogP contribution in [0.4, 0.5) is 11.4 Å². The number of sulfonamides is 1. The van der Waals surface area contributed by atoms with E-state index in [-0.39, 0.29) is 24.1 Å². The average molecular weight is 521 g/mol. The fourth-order valence-electron chi connectivity index (χ4n) is 4.44. The summed E-state index contributed by atoms with van der Waals surface area (Å²) in [6, 6.07) is 21.6. The van der Waals surface area contributed by atoms with Crippen LogP contribution in [0.15, 0.2) is 72.8 Å². The predicted octanol–water partition coefficient (Wildman–Crippen LogP) is 3.77. The Bertz CT molecular complexity index is 1350. The number of nitrogens with zero attached hydrogens (tertiary/aromatic N) is 1. The standard InChI is InChI=1S/C28H32N4O4S/c1-20-7-8-24(28(34)32-16-13-22(14-17-32)21-9-11-25(29)12-10-21)19-26(20)31-37(35,36)18-15-30-27(33)23-5-3-2-4-6-23/h2-12,19,22,31H,13-18,29H2,1H3,(H,30,33). The van der Waals surface area contributed by atoms with E-state index in [1.54, 1.807) is 55.5 Å². The van der Waals surface area contributed by atoms with E-state index in [4.69, 9.17) is 5.73 Å². The van der Waals surface area contributed by atoms with Crippen molar-refractivity contribution < 1.29 is 18.0 Å². The number of hydrogen-bond acceptors (Lipinski definition) is 5. The molecule has 0 unspecified atom stereocenters. The van der Waals surface area contributed by atoms with Crippen LogP contribution in [0.1, 0.15) is 50.6 Å². The van der Waals surface area contributed by atoms with E-state index in [0.29, 0.717) is 41.4 Å². The van der Waals surface area contributed by atoms with Crippen molar-refractivity contribution in [2.24, 2.45) is 0 Å². The lowest BCUT2D eigenvalue weighted by molar-refractivity contribution is 0.0713. The monoisotopic (exact) mass is 520 g/mol. The first kappa shape index (κ1) is 26.2. The summed E-state index contributed by atoms with van der Waals surface area (Å²) in [5.41, 5.74) is 9.72. The molecule has 3 aromatic carbocycles. The van der Waals surface area contributed by atoms with Gasteiger partial charge in [0.05, 0.1) is 11.4 Å². The highest BCUT2D eigenvalue weighted by molar-refractivity contribution is 7.92. The summed E-state index contributed by atoms with van der Waals surface area (Å²) in [4.78, 5) is 27.2. The highest BCUT2D eigenvalue weighted by Gasteiger charge is 2.25. The third kappa shape index (κ3) is 6.89. The number of carbonyl (C=O) groups is 2. The van der Waals surface area contributed by atoms with Gasteiger partial charge in [-0.25, -0.2) is 8.42 Å². The highest BCUT2D eigenvalue weighted by Crippen LogP contribution is 2.29. The molecule has 0 bridgehead atoms. The van der Waals surface area contributed by atoms with Crippen LogP contribution in [0.2, 0.25) is 0 Å². The molecule has 1 aliphatic rings. The first-order valence-corrected chi connectivity index (χ1v) is 14.0. The van der Waals surface area contributed by atoms with Crippen molar-refractivity contribution >= 4 is 33.2 Å². The van der Waals surface area contributed by atoms with Crippen molar-refractivity contribution in [1.29, 1.82) is 0 Å². The molecular weight excluding hydrogens is 488 g/mol. The minimum atomic E-state index is -3.74. The summed E-state index contributed by atoms with van der Waals surface area (Å²) in [5.74, 6) is -0.361. The van der Waals surface area contributed by atoms with Gasteiger partial charge in [0.25, 0.3) is 11.8 Å². The Kier molecular flexibility index (Phi) is 8.13. The van der Waals surface area contributed by atoms with Gasteiger partial charge in [-0.15, -0.1) is 0 Å². The number of carbonyl (C=O) groups excluding carboxylic acids is 2. The number of hydrogen-bond donors (Lipinski definition) is 3. The van der Waals surface area contributed by atoms with Gasteiger partial charge < -0.3 is 16.0 Å². The molecule has 0 aromatic heterocycles. The molecule has 0 radical (unpaired) electrons. The van der Waals surface area contributed by atoms with Crippen LogP contribution in [-0.2, 0) is 10.0 Å². The number of nitrogen functional groups attached to an aromatic ring is 1. The van der Waals surface area contributed by atoms with Crippen LogP contribution in [-0.4, -0.2) is 50.5 Å². The van der Waals surface area contributed by atoms with Gasteiger partial charge in [0.2, 0.25) is 10.0 Å². The normalized spacial score (nSPS) is 14.2. The largest absolute Gasteiger partial charge is 0.399 e. The number of likely N-dealkylation sites (tertiary alicyclic amines) is 1.